The van der Waals surface area contributed by atoms with E-state index in [1.165, 1.54) is 24.1 Å². The van der Waals surface area contributed by atoms with Gasteiger partial charge in [0.1, 0.15) is 22.9 Å². The van der Waals surface area contributed by atoms with Crippen LogP contribution in [0.15, 0.2) is 40.8 Å². The van der Waals surface area contributed by atoms with Gasteiger partial charge in [0.25, 0.3) is 0 Å². The molecule has 0 atom stereocenters. The second-order valence-electron chi connectivity index (χ2n) is 8.07. The smallest absolute Gasteiger partial charge is 0.244 e. The first-order chi connectivity index (χ1) is 15.0. The minimum atomic E-state index is -0.290. The molecule has 0 radical (unpaired) electrons. The molecule has 0 aliphatic heterocycles. The molecule has 4 rings (SSSR count). The molecule has 31 heavy (non-hydrogen) atoms. The lowest BCUT2D eigenvalue weighted by Gasteiger charge is -2.15. The molecule has 1 amide bonds. The Morgan fingerprint density at radius 1 is 1.23 bits per heavy atom. The van der Waals surface area contributed by atoms with Gasteiger partial charge in [0.05, 0.1) is 6.61 Å². The van der Waals surface area contributed by atoms with Gasteiger partial charge in [0, 0.05) is 41.1 Å². The number of furan rings is 1. The number of allylic oxidation sites excluding steroid dienone is 1. The molecule has 0 unspecified atom stereocenters. The summed E-state index contributed by atoms with van der Waals surface area (Å²) in [7, 11) is 0. The summed E-state index contributed by atoms with van der Waals surface area (Å²) in [5.74, 6) is 1.36. The van der Waals surface area contributed by atoms with Crippen LogP contribution < -0.4 is 10.1 Å². The Bertz CT molecular complexity index is 1140. The highest BCUT2D eigenvalue weighted by Crippen LogP contribution is 2.41. The predicted octanol–water partition coefficient (Wildman–Crippen LogP) is 5.88. The van der Waals surface area contributed by atoms with Crippen LogP contribution in [-0.2, 0) is 24.2 Å². The van der Waals surface area contributed by atoms with Crippen LogP contribution in [0.4, 0.5) is 4.39 Å². The largest absolute Gasteiger partial charge is 0.493 e. The number of hydrogen-bond donors (Lipinski definition) is 1. The number of carbonyl (C=O) groups is 1. The quantitative estimate of drug-likeness (QED) is 0.506. The van der Waals surface area contributed by atoms with E-state index in [1.54, 1.807) is 18.2 Å². The first-order valence-electron chi connectivity index (χ1n) is 10.9. The van der Waals surface area contributed by atoms with E-state index in [0.29, 0.717) is 13.2 Å². The molecule has 2 aromatic carbocycles. The van der Waals surface area contributed by atoms with Gasteiger partial charge in [0.2, 0.25) is 5.91 Å². The summed E-state index contributed by atoms with van der Waals surface area (Å²) in [5, 5.41) is 4.00. The van der Waals surface area contributed by atoms with Crippen LogP contribution >= 0.6 is 0 Å². The van der Waals surface area contributed by atoms with Crippen LogP contribution in [-0.4, -0.2) is 12.5 Å². The molecule has 0 spiro atoms. The monoisotopic (exact) mass is 421 g/mol. The minimum absolute atomic E-state index is 0.198. The van der Waals surface area contributed by atoms with Crippen molar-refractivity contribution >= 4 is 22.4 Å². The van der Waals surface area contributed by atoms with Gasteiger partial charge in [-0.05, 0) is 69.4 Å². The van der Waals surface area contributed by atoms with Gasteiger partial charge < -0.3 is 14.5 Å². The average molecular weight is 422 g/mol. The van der Waals surface area contributed by atoms with Crippen LogP contribution in [0.2, 0.25) is 0 Å². The lowest BCUT2D eigenvalue weighted by Crippen LogP contribution is -2.20. The Labute approximate surface area is 182 Å². The van der Waals surface area contributed by atoms with Gasteiger partial charge in [-0.2, -0.15) is 0 Å². The van der Waals surface area contributed by atoms with Crippen molar-refractivity contribution in [3.63, 3.8) is 0 Å². The van der Waals surface area contributed by atoms with E-state index in [-0.39, 0.29) is 11.7 Å². The van der Waals surface area contributed by atoms with Crippen LogP contribution in [0.1, 0.15) is 54.7 Å². The fourth-order valence-corrected chi connectivity index (χ4v) is 4.28. The zero-order valence-electron chi connectivity index (χ0n) is 18.3. The number of rotatable bonds is 6. The number of halogens is 1. The first-order valence-corrected chi connectivity index (χ1v) is 10.9. The van der Waals surface area contributed by atoms with E-state index in [0.717, 1.165) is 64.0 Å². The number of aryl methyl sites for hydroxylation is 3. The highest BCUT2D eigenvalue weighted by molar-refractivity contribution is 5.98. The second kappa shape index (κ2) is 8.96. The SMILES string of the molecule is CCOc1c(/C(C)=C/C(=O)NCc2ccc(F)cc2)cc2c3c(oc2c1C)CCCC3. The second-order valence-corrected chi connectivity index (χ2v) is 8.07. The number of carbonyl (C=O) groups excluding carboxylic acids is 1. The van der Waals surface area contributed by atoms with Crippen LogP contribution in [0.5, 0.6) is 5.75 Å². The zero-order chi connectivity index (χ0) is 22.0. The Hall–Kier alpha value is -3.08. The lowest BCUT2D eigenvalue weighted by molar-refractivity contribution is -0.116. The predicted molar refractivity (Wildman–Crippen MR) is 121 cm³/mol. The van der Waals surface area contributed by atoms with E-state index >= 15 is 0 Å². The fourth-order valence-electron chi connectivity index (χ4n) is 4.28. The number of ether oxygens (including phenoxy) is 1. The lowest BCUT2D eigenvalue weighted by atomic mass is 9.93. The molecule has 0 saturated carbocycles. The summed E-state index contributed by atoms with van der Waals surface area (Å²) in [6.07, 6.45) is 5.92. The molecule has 1 aliphatic rings. The Kier molecular flexibility index (Phi) is 6.12. The molecule has 1 heterocycles. The third-order valence-electron chi connectivity index (χ3n) is 5.87. The van der Waals surface area contributed by atoms with Crippen molar-refractivity contribution in [3.8, 4) is 5.75 Å². The molecule has 3 aromatic rings. The number of benzene rings is 2. The van der Waals surface area contributed by atoms with Crippen molar-refractivity contribution in [2.24, 2.45) is 0 Å². The van der Waals surface area contributed by atoms with Crippen molar-refractivity contribution < 1.29 is 18.3 Å². The minimum Gasteiger partial charge on any atom is -0.493 e. The molecule has 5 heteroatoms. The van der Waals surface area contributed by atoms with Gasteiger partial charge in [0.15, 0.2) is 0 Å². The normalized spacial score (nSPS) is 13.9. The van der Waals surface area contributed by atoms with E-state index in [4.69, 9.17) is 9.15 Å². The summed E-state index contributed by atoms with van der Waals surface area (Å²) in [4.78, 5) is 12.5. The highest BCUT2D eigenvalue weighted by Gasteiger charge is 2.23. The summed E-state index contributed by atoms with van der Waals surface area (Å²) >= 11 is 0. The summed E-state index contributed by atoms with van der Waals surface area (Å²) in [6.45, 7) is 6.77. The maximum atomic E-state index is 13.1. The van der Waals surface area contributed by atoms with E-state index in [9.17, 15) is 9.18 Å². The van der Waals surface area contributed by atoms with E-state index in [1.807, 2.05) is 20.8 Å². The number of fused-ring (bicyclic) bond motifs is 3. The Morgan fingerprint density at radius 3 is 2.71 bits per heavy atom. The van der Waals surface area contributed by atoms with Crippen molar-refractivity contribution in [2.75, 3.05) is 6.61 Å². The van der Waals surface area contributed by atoms with Crippen molar-refractivity contribution in [3.05, 3.63) is 70.2 Å². The van der Waals surface area contributed by atoms with Gasteiger partial charge in [-0.25, -0.2) is 4.39 Å². The highest BCUT2D eigenvalue weighted by atomic mass is 19.1. The topological polar surface area (TPSA) is 51.5 Å². The van der Waals surface area contributed by atoms with Gasteiger partial charge in [-0.15, -0.1) is 0 Å². The summed E-state index contributed by atoms with van der Waals surface area (Å²) in [5.41, 5.74) is 5.75. The maximum Gasteiger partial charge on any atom is 0.244 e. The molecular formula is C26H28FNO3. The Balaban J connectivity index is 1.65. The molecule has 162 valence electrons. The van der Waals surface area contributed by atoms with E-state index in [2.05, 4.69) is 11.4 Å². The standard InChI is InChI=1S/C26H28FNO3/c1-4-30-25-17(3)26-22(20-7-5-6-8-23(20)31-26)14-21(25)16(2)13-24(29)28-15-18-9-11-19(27)12-10-18/h9-14H,4-8,15H2,1-3H3,(H,28,29)/b16-13+. The van der Waals surface area contributed by atoms with Crippen LogP contribution in [0, 0.1) is 12.7 Å². The molecule has 1 aliphatic carbocycles. The Morgan fingerprint density at radius 2 is 1.97 bits per heavy atom. The molecular weight excluding hydrogens is 393 g/mol. The zero-order valence-corrected chi connectivity index (χ0v) is 18.3. The molecule has 1 N–H and O–H groups in total. The number of nitrogens with one attached hydrogen (secondary N) is 1. The molecule has 0 saturated heterocycles. The average Bonchev–Trinajstić information content (AvgIpc) is 3.14. The molecule has 0 bridgehead atoms. The fraction of sp³-hybridized carbons (Fsp3) is 0.346. The van der Waals surface area contributed by atoms with Crippen LogP contribution in [0.3, 0.4) is 0 Å². The third-order valence-corrected chi connectivity index (χ3v) is 5.87. The van der Waals surface area contributed by atoms with Crippen molar-refractivity contribution in [1.82, 2.24) is 5.32 Å². The van der Waals surface area contributed by atoms with E-state index < -0.39 is 0 Å². The molecule has 4 nitrogen and oxygen atoms in total. The maximum absolute atomic E-state index is 13.1. The number of hydrogen-bond acceptors (Lipinski definition) is 3. The summed E-state index contributed by atoms with van der Waals surface area (Å²) < 4.78 is 25.3. The van der Waals surface area contributed by atoms with Gasteiger partial charge in [-0.3, -0.25) is 4.79 Å². The van der Waals surface area contributed by atoms with Crippen LogP contribution in [0.25, 0.3) is 16.5 Å². The van der Waals surface area contributed by atoms with Gasteiger partial charge >= 0.3 is 0 Å². The first kappa shape index (κ1) is 21.2. The molecule has 1 aromatic heterocycles. The number of amides is 1. The van der Waals surface area contributed by atoms with Crippen molar-refractivity contribution in [2.45, 2.75) is 53.0 Å². The third kappa shape index (κ3) is 4.36. The van der Waals surface area contributed by atoms with Gasteiger partial charge in [-0.1, -0.05) is 12.1 Å². The molecule has 0 fully saturated rings. The summed E-state index contributed by atoms with van der Waals surface area (Å²) in [6, 6.07) is 8.22. The van der Waals surface area contributed by atoms with Crippen molar-refractivity contribution in [1.29, 1.82) is 0 Å².